The number of hydrogen-bond acceptors (Lipinski definition) is 4. The lowest BCUT2D eigenvalue weighted by Crippen LogP contribution is -2.38. The van der Waals surface area contributed by atoms with Crippen molar-refractivity contribution < 1.29 is 14.3 Å². The second kappa shape index (κ2) is 5.76. The van der Waals surface area contributed by atoms with E-state index in [4.69, 9.17) is 4.42 Å². The number of carboxylic acid groups (broad SMARTS) is 1. The highest BCUT2D eigenvalue weighted by Crippen LogP contribution is 2.36. The molecule has 24 heavy (non-hydrogen) atoms. The second-order valence-electron chi connectivity index (χ2n) is 6.34. The van der Waals surface area contributed by atoms with Crippen molar-refractivity contribution in [2.75, 3.05) is 13.1 Å². The molecule has 0 amide bonds. The Morgan fingerprint density at radius 3 is 2.88 bits per heavy atom. The first-order valence-electron chi connectivity index (χ1n) is 8.01. The average molecular weight is 322 g/mol. The SMILES string of the molecule is O=C(O)C1(c2ccccc2)CCN(Cc2cc3cnccc3o2)C1. The van der Waals surface area contributed by atoms with Crippen molar-refractivity contribution in [2.24, 2.45) is 0 Å². The zero-order chi connectivity index (χ0) is 16.6. The fraction of sp³-hybridized carbons (Fsp3) is 0.263. The number of fused-ring (bicyclic) bond motifs is 1. The summed E-state index contributed by atoms with van der Waals surface area (Å²) in [4.78, 5) is 18.2. The van der Waals surface area contributed by atoms with Crippen LogP contribution in [0.3, 0.4) is 0 Å². The van der Waals surface area contributed by atoms with Gasteiger partial charge in [-0.25, -0.2) is 0 Å². The normalized spacial score (nSPS) is 21.3. The van der Waals surface area contributed by atoms with Crippen LogP contribution in [0.4, 0.5) is 0 Å². The summed E-state index contributed by atoms with van der Waals surface area (Å²) in [6.07, 6.45) is 4.09. The maximum absolute atomic E-state index is 12.0. The molecule has 1 unspecified atom stereocenters. The summed E-state index contributed by atoms with van der Waals surface area (Å²) in [6, 6.07) is 13.3. The predicted octanol–water partition coefficient (Wildman–Crippen LogP) is 3.06. The van der Waals surface area contributed by atoms with E-state index in [-0.39, 0.29) is 0 Å². The Morgan fingerprint density at radius 2 is 2.12 bits per heavy atom. The van der Waals surface area contributed by atoms with E-state index in [0.29, 0.717) is 19.5 Å². The van der Waals surface area contributed by atoms with Gasteiger partial charge in [-0.05, 0) is 24.1 Å². The lowest BCUT2D eigenvalue weighted by molar-refractivity contribution is -0.143. The minimum absolute atomic E-state index is 0.488. The van der Waals surface area contributed by atoms with Crippen LogP contribution in [-0.4, -0.2) is 34.0 Å². The van der Waals surface area contributed by atoms with E-state index >= 15 is 0 Å². The van der Waals surface area contributed by atoms with Gasteiger partial charge in [-0.2, -0.15) is 0 Å². The van der Waals surface area contributed by atoms with E-state index in [1.807, 2.05) is 42.5 Å². The van der Waals surface area contributed by atoms with E-state index in [9.17, 15) is 9.90 Å². The van der Waals surface area contributed by atoms with Gasteiger partial charge in [0, 0.05) is 30.9 Å². The molecule has 1 aliphatic rings. The fourth-order valence-corrected chi connectivity index (χ4v) is 3.55. The Labute approximate surface area is 139 Å². The lowest BCUT2D eigenvalue weighted by atomic mass is 9.80. The third kappa shape index (κ3) is 2.47. The van der Waals surface area contributed by atoms with Crippen molar-refractivity contribution in [3.05, 3.63) is 66.2 Å². The standard InChI is InChI=1S/C19H18N2O3/c22-18(23)19(15-4-2-1-3-5-15)7-9-21(13-19)12-16-10-14-11-20-8-6-17(14)24-16/h1-6,8,10-11H,7,9,12-13H2,(H,22,23). The molecule has 1 N–H and O–H groups in total. The van der Waals surface area contributed by atoms with E-state index in [1.165, 1.54) is 0 Å². The summed E-state index contributed by atoms with van der Waals surface area (Å²) in [7, 11) is 0. The number of carboxylic acids is 1. The van der Waals surface area contributed by atoms with E-state index in [2.05, 4.69) is 9.88 Å². The van der Waals surface area contributed by atoms with Gasteiger partial charge >= 0.3 is 5.97 Å². The van der Waals surface area contributed by atoms with Crippen LogP contribution >= 0.6 is 0 Å². The maximum atomic E-state index is 12.0. The lowest BCUT2D eigenvalue weighted by Gasteiger charge is -2.25. The monoisotopic (exact) mass is 322 g/mol. The molecule has 5 nitrogen and oxygen atoms in total. The molecule has 0 radical (unpaired) electrons. The smallest absolute Gasteiger partial charge is 0.315 e. The molecule has 2 aromatic heterocycles. The van der Waals surface area contributed by atoms with Crippen molar-refractivity contribution in [1.29, 1.82) is 0 Å². The highest BCUT2D eigenvalue weighted by Gasteiger charge is 2.46. The first kappa shape index (κ1) is 14.9. The van der Waals surface area contributed by atoms with Gasteiger partial charge in [0.25, 0.3) is 0 Å². The predicted molar refractivity (Wildman–Crippen MR) is 89.7 cm³/mol. The van der Waals surface area contributed by atoms with Gasteiger partial charge in [0.15, 0.2) is 0 Å². The molecule has 3 aromatic rings. The van der Waals surface area contributed by atoms with Crippen LogP contribution in [0.1, 0.15) is 17.7 Å². The Balaban J connectivity index is 1.57. The van der Waals surface area contributed by atoms with Gasteiger partial charge in [-0.3, -0.25) is 14.7 Å². The van der Waals surface area contributed by atoms with Gasteiger partial charge in [-0.1, -0.05) is 30.3 Å². The van der Waals surface area contributed by atoms with Crippen molar-refractivity contribution in [2.45, 2.75) is 18.4 Å². The van der Waals surface area contributed by atoms with Gasteiger partial charge in [-0.15, -0.1) is 0 Å². The molecule has 1 atom stereocenters. The Kier molecular flexibility index (Phi) is 3.58. The summed E-state index contributed by atoms with van der Waals surface area (Å²) in [5, 5.41) is 10.8. The molecule has 1 fully saturated rings. The van der Waals surface area contributed by atoms with Crippen molar-refractivity contribution in [1.82, 2.24) is 9.88 Å². The number of pyridine rings is 1. The molecular weight excluding hydrogens is 304 g/mol. The summed E-state index contributed by atoms with van der Waals surface area (Å²) >= 11 is 0. The molecule has 0 saturated carbocycles. The molecule has 1 aromatic carbocycles. The molecule has 1 aliphatic heterocycles. The number of furan rings is 1. The largest absolute Gasteiger partial charge is 0.481 e. The minimum atomic E-state index is -0.838. The number of aromatic nitrogens is 1. The topological polar surface area (TPSA) is 66.6 Å². The number of aliphatic carboxylic acids is 1. The maximum Gasteiger partial charge on any atom is 0.315 e. The average Bonchev–Trinajstić information content (AvgIpc) is 3.20. The number of benzene rings is 1. The van der Waals surface area contributed by atoms with Crippen LogP contribution in [0, 0.1) is 0 Å². The van der Waals surface area contributed by atoms with Crippen molar-refractivity contribution >= 4 is 16.9 Å². The van der Waals surface area contributed by atoms with Crippen molar-refractivity contribution in [3.63, 3.8) is 0 Å². The van der Waals surface area contributed by atoms with E-state index in [1.54, 1.807) is 12.4 Å². The van der Waals surface area contributed by atoms with Gasteiger partial charge in [0.2, 0.25) is 0 Å². The Morgan fingerprint density at radius 1 is 1.29 bits per heavy atom. The van der Waals surface area contributed by atoms with Gasteiger partial charge in [0.1, 0.15) is 16.8 Å². The highest BCUT2D eigenvalue weighted by atomic mass is 16.4. The first-order chi connectivity index (χ1) is 11.7. The number of carbonyl (C=O) groups is 1. The second-order valence-corrected chi connectivity index (χ2v) is 6.34. The third-order valence-corrected chi connectivity index (χ3v) is 4.83. The summed E-state index contributed by atoms with van der Waals surface area (Å²) < 4.78 is 5.84. The quantitative estimate of drug-likeness (QED) is 0.799. The molecular formula is C19H18N2O3. The van der Waals surface area contributed by atoms with E-state index < -0.39 is 11.4 Å². The van der Waals surface area contributed by atoms with Crippen LogP contribution in [0.5, 0.6) is 0 Å². The molecule has 5 heteroatoms. The number of hydrogen-bond donors (Lipinski definition) is 1. The zero-order valence-electron chi connectivity index (χ0n) is 13.2. The molecule has 122 valence electrons. The minimum Gasteiger partial charge on any atom is -0.481 e. The summed E-state index contributed by atoms with van der Waals surface area (Å²) in [5.41, 5.74) is 0.843. The van der Waals surface area contributed by atoms with Crippen LogP contribution < -0.4 is 0 Å². The van der Waals surface area contributed by atoms with Gasteiger partial charge in [0.05, 0.1) is 6.54 Å². The Bertz CT molecular complexity index is 841. The number of likely N-dealkylation sites (tertiary alicyclic amines) is 1. The first-order valence-corrected chi connectivity index (χ1v) is 8.01. The van der Waals surface area contributed by atoms with Crippen LogP contribution in [0.2, 0.25) is 0 Å². The summed E-state index contributed by atoms with van der Waals surface area (Å²) in [6.45, 7) is 1.83. The van der Waals surface area contributed by atoms with E-state index in [0.717, 1.165) is 28.8 Å². The molecule has 0 spiro atoms. The Hall–Kier alpha value is -2.66. The van der Waals surface area contributed by atoms with Gasteiger partial charge < -0.3 is 9.52 Å². The molecule has 1 saturated heterocycles. The van der Waals surface area contributed by atoms with Crippen LogP contribution in [0.15, 0.2) is 59.3 Å². The summed E-state index contributed by atoms with van der Waals surface area (Å²) in [5.74, 6) is 0.0808. The van der Waals surface area contributed by atoms with Crippen molar-refractivity contribution in [3.8, 4) is 0 Å². The molecule has 4 rings (SSSR count). The van der Waals surface area contributed by atoms with Crippen LogP contribution in [0.25, 0.3) is 11.0 Å². The molecule has 0 bridgehead atoms. The third-order valence-electron chi connectivity index (χ3n) is 4.83. The fourth-order valence-electron chi connectivity index (χ4n) is 3.55. The van der Waals surface area contributed by atoms with Crippen LogP contribution in [-0.2, 0) is 16.8 Å². The molecule has 0 aliphatic carbocycles. The zero-order valence-corrected chi connectivity index (χ0v) is 13.2. The molecule has 3 heterocycles. The number of rotatable bonds is 4. The highest BCUT2D eigenvalue weighted by molar-refractivity contribution is 5.82. The number of nitrogens with zero attached hydrogens (tertiary/aromatic N) is 2.